The van der Waals surface area contributed by atoms with Crippen molar-refractivity contribution in [1.29, 1.82) is 10.5 Å². The highest BCUT2D eigenvalue weighted by atomic mass is 19.1. The molecule has 57 valence electrons. The van der Waals surface area contributed by atoms with Crippen LogP contribution in [0.2, 0.25) is 0 Å². The van der Waals surface area contributed by atoms with Crippen LogP contribution in [-0.2, 0) is 0 Å². The van der Waals surface area contributed by atoms with Crippen LogP contribution < -0.4 is 0 Å². The van der Waals surface area contributed by atoms with Gasteiger partial charge in [-0.05, 0) is 17.7 Å². The molecule has 0 bridgehead atoms. The van der Waals surface area contributed by atoms with Crippen LogP contribution >= 0.6 is 0 Å². The summed E-state index contributed by atoms with van der Waals surface area (Å²) in [6, 6.07) is 8.67. The fourth-order valence-corrected chi connectivity index (χ4v) is 0.771. The Morgan fingerprint density at radius 1 is 1.08 bits per heavy atom. The molecule has 0 aliphatic rings. The van der Waals surface area contributed by atoms with E-state index in [9.17, 15) is 4.39 Å². The van der Waals surface area contributed by atoms with E-state index >= 15 is 0 Å². The molecule has 0 atom stereocenters. The van der Waals surface area contributed by atoms with Gasteiger partial charge in [-0.3, -0.25) is 0 Å². The molecule has 1 aromatic carbocycles. The lowest BCUT2D eigenvalue weighted by molar-refractivity contribution is 0.627. The number of hydrogen-bond donors (Lipinski definition) is 0. The summed E-state index contributed by atoms with van der Waals surface area (Å²) in [5, 5.41) is 16.9. The molecule has 0 saturated carbocycles. The third kappa shape index (κ3) is 1.59. The summed E-state index contributed by atoms with van der Waals surface area (Å²) in [5.41, 5.74) is 0.446. The van der Waals surface area contributed by atoms with E-state index in [1.807, 2.05) is 0 Å². The number of benzene rings is 1. The van der Waals surface area contributed by atoms with Gasteiger partial charge in [-0.15, -0.1) is 0 Å². The van der Waals surface area contributed by atoms with E-state index < -0.39 is 0 Å². The lowest BCUT2D eigenvalue weighted by atomic mass is 10.0. The molecular weight excluding hydrogens is 155 g/mol. The topological polar surface area (TPSA) is 47.6 Å². The van der Waals surface area contributed by atoms with Crippen molar-refractivity contribution in [3.8, 4) is 12.1 Å². The smallest absolute Gasteiger partial charge is 0.204 e. The van der Waals surface area contributed by atoms with Crippen molar-refractivity contribution in [3.63, 3.8) is 0 Å². The van der Waals surface area contributed by atoms with Crippen molar-refractivity contribution in [1.82, 2.24) is 0 Å². The first-order valence-electron chi connectivity index (χ1n) is 3.21. The molecule has 1 rings (SSSR count). The number of nitriles is 2. The molecule has 0 aliphatic heterocycles. The van der Waals surface area contributed by atoms with Gasteiger partial charge in [0.25, 0.3) is 0 Å². The van der Waals surface area contributed by atoms with Crippen LogP contribution in [0.1, 0.15) is 5.56 Å². The van der Waals surface area contributed by atoms with Crippen LogP contribution in [0.4, 0.5) is 4.39 Å². The summed E-state index contributed by atoms with van der Waals surface area (Å²) in [7, 11) is 0. The fourth-order valence-electron chi connectivity index (χ4n) is 0.771. The van der Waals surface area contributed by atoms with Crippen LogP contribution in [0.5, 0.6) is 0 Å². The predicted octanol–water partition coefficient (Wildman–Crippen LogP) is 1.80. The van der Waals surface area contributed by atoms with Gasteiger partial charge in [0.2, 0.25) is 5.92 Å². The van der Waals surface area contributed by atoms with Crippen LogP contribution in [-0.4, -0.2) is 0 Å². The number of halogens is 1. The summed E-state index contributed by atoms with van der Waals surface area (Å²) in [6.45, 7) is 0. The third-order valence-electron chi connectivity index (χ3n) is 1.36. The van der Waals surface area contributed by atoms with Crippen molar-refractivity contribution in [2.75, 3.05) is 0 Å². The maximum Gasteiger partial charge on any atom is 0.204 e. The molecule has 3 heteroatoms. The maximum atomic E-state index is 12.4. The zero-order valence-corrected chi connectivity index (χ0v) is 6.08. The predicted molar refractivity (Wildman–Crippen MR) is 40.0 cm³/mol. The summed E-state index contributed by atoms with van der Waals surface area (Å²) >= 11 is 0. The molecule has 0 N–H and O–H groups in total. The van der Waals surface area contributed by atoms with Crippen LogP contribution in [0.3, 0.4) is 0 Å². The number of rotatable bonds is 1. The van der Waals surface area contributed by atoms with Crippen molar-refractivity contribution >= 4 is 0 Å². The minimum absolute atomic E-state index is 0.00463. The Labute approximate surface area is 69.5 Å². The van der Waals surface area contributed by atoms with Crippen LogP contribution in [0, 0.1) is 34.4 Å². The monoisotopic (exact) mass is 159 g/mol. The third-order valence-corrected chi connectivity index (χ3v) is 1.36. The molecule has 1 aromatic rings. The molecular formula is C9H4FN2. The highest BCUT2D eigenvalue weighted by molar-refractivity contribution is 5.47. The highest BCUT2D eigenvalue weighted by Gasteiger charge is 2.09. The number of nitrogens with zero attached hydrogens (tertiary/aromatic N) is 2. The first kappa shape index (κ1) is 8.23. The van der Waals surface area contributed by atoms with Crippen molar-refractivity contribution in [2.45, 2.75) is 0 Å². The Morgan fingerprint density at radius 3 is 2.00 bits per heavy atom. The molecule has 0 saturated heterocycles. The van der Waals surface area contributed by atoms with E-state index in [0.29, 0.717) is 5.56 Å². The van der Waals surface area contributed by atoms with E-state index in [1.165, 1.54) is 24.3 Å². The van der Waals surface area contributed by atoms with Gasteiger partial charge < -0.3 is 0 Å². The van der Waals surface area contributed by atoms with Crippen molar-refractivity contribution < 1.29 is 4.39 Å². The Balaban J connectivity index is 2.99. The van der Waals surface area contributed by atoms with Gasteiger partial charge in [-0.1, -0.05) is 12.1 Å². The zero-order valence-electron chi connectivity index (χ0n) is 6.08. The summed E-state index contributed by atoms with van der Waals surface area (Å²) < 4.78 is 12.4. The molecule has 2 nitrogen and oxygen atoms in total. The Hall–Kier alpha value is -1.87. The largest absolute Gasteiger partial charge is 0.207 e. The molecule has 0 aromatic heterocycles. The molecule has 12 heavy (non-hydrogen) atoms. The molecule has 0 aliphatic carbocycles. The minimum Gasteiger partial charge on any atom is -0.207 e. The molecule has 0 spiro atoms. The Bertz CT molecular complexity index is 328. The standard InChI is InChI=1S/C9H4FN2/c10-9-3-1-7(2-4-9)8(5-11)6-12/h1-4H. The van der Waals surface area contributed by atoms with Crippen molar-refractivity contribution in [2.24, 2.45) is 0 Å². The fraction of sp³-hybridized carbons (Fsp3) is 0. The molecule has 0 heterocycles. The molecule has 1 radical (unpaired) electrons. The minimum atomic E-state index is -0.381. The Morgan fingerprint density at radius 2 is 1.58 bits per heavy atom. The van der Waals surface area contributed by atoms with Gasteiger partial charge in [0.05, 0.1) is 12.1 Å². The second-order valence-corrected chi connectivity index (χ2v) is 2.11. The van der Waals surface area contributed by atoms with E-state index in [-0.39, 0.29) is 11.7 Å². The average Bonchev–Trinajstić information content (AvgIpc) is 2.10. The van der Waals surface area contributed by atoms with E-state index in [0.717, 1.165) is 0 Å². The molecule has 0 unspecified atom stereocenters. The maximum absolute atomic E-state index is 12.4. The second-order valence-electron chi connectivity index (χ2n) is 2.11. The summed E-state index contributed by atoms with van der Waals surface area (Å²) in [6.07, 6.45) is 0. The van der Waals surface area contributed by atoms with Gasteiger partial charge >= 0.3 is 0 Å². The first-order valence-corrected chi connectivity index (χ1v) is 3.21. The van der Waals surface area contributed by atoms with E-state index in [4.69, 9.17) is 10.5 Å². The van der Waals surface area contributed by atoms with Gasteiger partial charge in [0.1, 0.15) is 5.82 Å². The van der Waals surface area contributed by atoms with Gasteiger partial charge in [-0.2, -0.15) is 10.5 Å². The van der Waals surface area contributed by atoms with Gasteiger partial charge in [0, 0.05) is 0 Å². The van der Waals surface area contributed by atoms with Crippen LogP contribution in [0.15, 0.2) is 24.3 Å². The summed E-state index contributed by atoms with van der Waals surface area (Å²) in [5.74, 6) is -0.385. The van der Waals surface area contributed by atoms with E-state index in [2.05, 4.69) is 0 Å². The number of hydrogen-bond acceptors (Lipinski definition) is 2. The normalized spacial score (nSPS) is 9.00. The quantitative estimate of drug-likeness (QED) is 0.627. The first-order chi connectivity index (χ1) is 5.77. The summed E-state index contributed by atoms with van der Waals surface area (Å²) in [4.78, 5) is 0. The second kappa shape index (κ2) is 3.50. The zero-order chi connectivity index (χ0) is 8.97. The molecule has 0 fully saturated rings. The Kier molecular flexibility index (Phi) is 2.40. The average molecular weight is 159 g/mol. The SMILES string of the molecule is N#C[C](C#N)c1ccc(F)cc1. The lowest BCUT2D eigenvalue weighted by Gasteiger charge is -1.96. The van der Waals surface area contributed by atoms with Crippen LogP contribution in [0.25, 0.3) is 0 Å². The lowest BCUT2D eigenvalue weighted by Crippen LogP contribution is -1.92. The van der Waals surface area contributed by atoms with Gasteiger partial charge in [0.15, 0.2) is 0 Å². The molecule has 0 amide bonds. The van der Waals surface area contributed by atoms with E-state index in [1.54, 1.807) is 12.1 Å². The highest BCUT2D eigenvalue weighted by Crippen LogP contribution is 2.12. The van der Waals surface area contributed by atoms with Crippen molar-refractivity contribution in [3.05, 3.63) is 41.6 Å². The van der Waals surface area contributed by atoms with Gasteiger partial charge in [-0.25, -0.2) is 4.39 Å².